The second kappa shape index (κ2) is 5.54. The molecule has 7 nitrogen and oxygen atoms in total. The zero-order chi connectivity index (χ0) is 13.8. The third-order valence-corrected chi connectivity index (χ3v) is 2.38. The Hall–Kier alpha value is -2.33. The van der Waals surface area contributed by atoms with Gasteiger partial charge in [0, 0.05) is 15.3 Å². The molecule has 0 fully saturated rings. The minimum Gasteiger partial charge on any atom is -0.211 e. The van der Waals surface area contributed by atoms with Crippen molar-refractivity contribution in [3.63, 3.8) is 0 Å². The molecule has 1 aromatic heterocycles. The van der Waals surface area contributed by atoms with E-state index in [0.717, 1.165) is 4.68 Å². The smallest absolute Gasteiger partial charge is 0.211 e. The fourth-order valence-corrected chi connectivity index (χ4v) is 1.57. The van der Waals surface area contributed by atoms with Crippen LogP contribution < -0.4 is 5.48 Å². The van der Waals surface area contributed by atoms with Crippen molar-refractivity contribution < 1.29 is 18.5 Å². The molecule has 0 spiro atoms. The Labute approximate surface area is 107 Å². The predicted octanol–water partition coefficient (Wildman–Crippen LogP) is 1.88. The van der Waals surface area contributed by atoms with Gasteiger partial charge in [0.05, 0.1) is 0 Å². The highest BCUT2D eigenvalue weighted by Gasteiger charge is 2.18. The molecule has 0 aliphatic heterocycles. The van der Waals surface area contributed by atoms with Crippen molar-refractivity contribution >= 4 is 14.1 Å². The largest absolute Gasteiger partial charge is 0.719 e. The second-order valence-corrected chi connectivity index (χ2v) is 3.98. The summed E-state index contributed by atoms with van der Waals surface area (Å²) in [5.74, 6) is -0.509. The Kier molecular flexibility index (Phi) is 3.82. The lowest BCUT2D eigenvalue weighted by atomic mass is 10.3. The third kappa shape index (κ3) is 2.92. The van der Waals surface area contributed by atoms with Gasteiger partial charge in [-0.25, -0.2) is 9.07 Å². The van der Waals surface area contributed by atoms with E-state index in [9.17, 15) is 8.96 Å². The Morgan fingerprint density at radius 3 is 2.89 bits per heavy atom. The molecule has 9 heteroatoms. The van der Waals surface area contributed by atoms with Gasteiger partial charge >= 0.3 is 8.25 Å². The van der Waals surface area contributed by atoms with E-state index in [1.807, 2.05) is 0 Å². The van der Waals surface area contributed by atoms with Crippen LogP contribution in [0.1, 0.15) is 5.69 Å². The highest BCUT2D eigenvalue weighted by molar-refractivity contribution is 7.32. The van der Waals surface area contributed by atoms with Gasteiger partial charge in [0.1, 0.15) is 17.6 Å². The van der Waals surface area contributed by atoms with E-state index in [1.54, 1.807) is 12.1 Å². The average molecular weight is 281 g/mol. The van der Waals surface area contributed by atoms with Gasteiger partial charge in [-0.1, -0.05) is 12.1 Å². The summed E-state index contributed by atoms with van der Waals surface area (Å²) in [5.41, 5.74) is 2.22. The van der Waals surface area contributed by atoms with Crippen molar-refractivity contribution in [2.45, 2.75) is 0 Å². The van der Waals surface area contributed by atoms with Gasteiger partial charge in [0.25, 0.3) is 0 Å². The Morgan fingerprint density at radius 1 is 1.53 bits per heavy atom. The zero-order valence-corrected chi connectivity index (χ0v) is 10.2. The Balaban J connectivity index is 2.44. The molecule has 0 amide bonds. The van der Waals surface area contributed by atoms with E-state index in [4.69, 9.17) is 10.2 Å². The molecule has 1 heterocycles. The quantitative estimate of drug-likeness (QED) is 0.655. The van der Waals surface area contributed by atoms with Crippen LogP contribution >= 0.6 is 8.25 Å². The Bertz CT molecular complexity index is 667. The van der Waals surface area contributed by atoms with Crippen molar-refractivity contribution in [1.29, 1.82) is 5.26 Å². The van der Waals surface area contributed by atoms with Crippen molar-refractivity contribution in [3.05, 3.63) is 41.8 Å². The molecule has 19 heavy (non-hydrogen) atoms. The summed E-state index contributed by atoms with van der Waals surface area (Å²) in [6.07, 6.45) is 0. The molecule has 1 atom stereocenters. The van der Waals surface area contributed by atoms with Gasteiger partial charge in [0.15, 0.2) is 11.5 Å². The number of rotatable bonds is 4. The van der Waals surface area contributed by atoms with Crippen LogP contribution in [-0.4, -0.2) is 14.7 Å². The third-order valence-electron chi connectivity index (χ3n) is 2.13. The summed E-state index contributed by atoms with van der Waals surface area (Å²) < 4.78 is 29.5. The monoisotopic (exact) mass is 281 g/mol. The molecular weight excluding hydrogens is 274 g/mol. The number of nitrogens with zero attached hydrogens (tertiary/aromatic N) is 3. The molecule has 0 radical (unpaired) electrons. The van der Waals surface area contributed by atoms with Gasteiger partial charge in [-0.05, 0) is 12.1 Å². The van der Waals surface area contributed by atoms with Crippen LogP contribution in [0.25, 0.3) is 5.69 Å². The molecular formula is C10H7FN4O3P+. The lowest BCUT2D eigenvalue weighted by Crippen LogP contribution is -2.06. The highest BCUT2D eigenvalue weighted by Crippen LogP contribution is 2.22. The number of benzene rings is 1. The van der Waals surface area contributed by atoms with Crippen LogP contribution in [0.5, 0.6) is 0 Å². The van der Waals surface area contributed by atoms with Crippen LogP contribution in [0.2, 0.25) is 0 Å². The van der Waals surface area contributed by atoms with Crippen LogP contribution in [0.3, 0.4) is 0 Å². The maximum atomic E-state index is 13.6. The molecule has 0 saturated carbocycles. The molecule has 0 saturated heterocycles. The van der Waals surface area contributed by atoms with Gasteiger partial charge in [0.2, 0.25) is 0 Å². The fraction of sp³-hybridized carbons (Fsp3) is 0. The number of aromatic nitrogens is 2. The predicted molar refractivity (Wildman–Crippen MR) is 62.8 cm³/mol. The first-order chi connectivity index (χ1) is 9.11. The number of hydrogen-bond acceptors (Lipinski definition) is 5. The normalized spacial score (nSPS) is 10.9. The maximum absolute atomic E-state index is 13.6. The zero-order valence-electron chi connectivity index (χ0n) is 9.32. The summed E-state index contributed by atoms with van der Waals surface area (Å²) in [4.78, 5) is 8.55. The summed E-state index contributed by atoms with van der Waals surface area (Å²) in [6.45, 7) is 0. The van der Waals surface area contributed by atoms with Crippen molar-refractivity contribution in [2.24, 2.45) is 0 Å². The lowest BCUT2D eigenvalue weighted by Gasteiger charge is -2.06. The van der Waals surface area contributed by atoms with Crippen molar-refractivity contribution in [2.75, 3.05) is 5.48 Å². The number of nitriles is 1. The number of para-hydroxylation sites is 1. The van der Waals surface area contributed by atoms with Gasteiger partial charge < -0.3 is 0 Å². The average Bonchev–Trinajstić information content (AvgIpc) is 2.80. The Morgan fingerprint density at radius 2 is 2.26 bits per heavy atom. The first-order valence-corrected chi connectivity index (χ1v) is 6.09. The first kappa shape index (κ1) is 13.1. The summed E-state index contributed by atoms with van der Waals surface area (Å²) >= 11 is 0. The molecule has 1 aromatic carbocycles. The summed E-state index contributed by atoms with van der Waals surface area (Å²) in [6, 6.07) is 8.78. The minimum atomic E-state index is -2.89. The SMILES string of the molecule is N#Cc1cc(NO[P+](=O)O)n(-c2ccccc2F)n1. The maximum Gasteiger partial charge on any atom is 0.719 e. The van der Waals surface area contributed by atoms with Crippen LogP contribution in [0.15, 0.2) is 30.3 Å². The molecule has 0 aliphatic carbocycles. The van der Waals surface area contributed by atoms with Gasteiger partial charge in [-0.3, -0.25) is 0 Å². The van der Waals surface area contributed by atoms with Crippen LogP contribution in [-0.2, 0) is 9.19 Å². The number of hydrogen-bond donors (Lipinski definition) is 2. The topological polar surface area (TPSA) is 100 Å². The van der Waals surface area contributed by atoms with Crippen LogP contribution in [0, 0.1) is 17.1 Å². The highest BCUT2D eigenvalue weighted by atomic mass is 31.1. The first-order valence-electron chi connectivity index (χ1n) is 4.96. The number of halogens is 1. The lowest BCUT2D eigenvalue weighted by molar-refractivity contribution is 0.336. The molecule has 2 rings (SSSR count). The van der Waals surface area contributed by atoms with E-state index in [2.05, 4.69) is 15.2 Å². The number of anilines is 1. The molecule has 2 N–H and O–H groups in total. The van der Waals surface area contributed by atoms with E-state index in [-0.39, 0.29) is 17.2 Å². The molecule has 96 valence electrons. The van der Waals surface area contributed by atoms with E-state index >= 15 is 0 Å². The minimum absolute atomic E-state index is 0.00233. The van der Waals surface area contributed by atoms with Crippen molar-refractivity contribution in [3.8, 4) is 11.8 Å². The summed E-state index contributed by atoms with van der Waals surface area (Å²) in [7, 11) is -2.89. The molecule has 1 unspecified atom stereocenters. The summed E-state index contributed by atoms with van der Waals surface area (Å²) in [5, 5.41) is 12.6. The molecule has 0 bridgehead atoms. The second-order valence-electron chi connectivity index (χ2n) is 3.32. The van der Waals surface area contributed by atoms with E-state index < -0.39 is 14.1 Å². The standard InChI is InChI=1S/C10H6FN4O3P/c11-8-3-1-2-4-9(8)15-10(14-18-19(16)17)5-7(6-12)13-15/h1-5,14H/p+1. The van der Waals surface area contributed by atoms with E-state index in [1.165, 1.54) is 24.3 Å². The number of nitrogens with one attached hydrogen (secondary N) is 1. The van der Waals surface area contributed by atoms with E-state index in [0.29, 0.717) is 0 Å². The molecule has 2 aromatic rings. The van der Waals surface area contributed by atoms with Gasteiger partial charge in [-0.15, -0.1) is 4.89 Å². The fourth-order valence-electron chi connectivity index (χ4n) is 1.40. The van der Waals surface area contributed by atoms with Crippen LogP contribution in [0.4, 0.5) is 10.2 Å². The van der Waals surface area contributed by atoms with Crippen molar-refractivity contribution in [1.82, 2.24) is 9.78 Å². The van der Waals surface area contributed by atoms with Gasteiger partial charge in [-0.2, -0.15) is 15.8 Å². The molecule has 0 aliphatic rings.